The summed E-state index contributed by atoms with van der Waals surface area (Å²) < 4.78 is 0.709. The molecule has 0 saturated carbocycles. The van der Waals surface area contributed by atoms with Gasteiger partial charge in [0.2, 0.25) is 0 Å². The zero-order valence-electron chi connectivity index (χ0n) is 18.9. The van der Waals surface area contributed by atoms with Crippen LogP contribution >= 0.6 is 15.9 Å². The molecule has 0 aromatic heterocycles. The zero-order valence-corrected chi connectivity index (χ0v) is 20.5. The third-order valence-corrected chi connectivity index (χ3v) is 6.02. The van der Waals surface area contributed by atoms with Gasteiger partial charge in [-0.2, -0.15) is 0 Å². The monoisotopic (exact) mass is 492 g/mol. The molecule has 3 aromatic rings. The second-order valence-corrected chi connectivity index (χ2v) is 9.25. The van der Waals surface area contributed by atoms with Crippen LogP contribution in [0.2, 0.25) is 0 Å². The van der Waals surface area contributed by atoms with Gasteiger partial charge in [0.05, 0.1) is 5.56 Å². The maximum absolute atomic E-state index is 13.7. The summed E-state index contributed by atoms with van der Waals surface area (Å²) in [6.07, 6.45) is 0. The molecule has 1 N–H and O–H groups in total. The van der Waals surface area contributed by atoms with Gasteiger partial charge in [-0.25, -0.2) is 0 Å². The number of para-hydroxylation sites is 1. The molecular formula is C27H29BrN2O2. The van der Waals surface area contributed by atoms with E-state index in [1.807, 2.05) is 94.4 Å². The lowest BCUT2D eigenvalue weighted by molar-refractivity contribution is -0.121. The minimum atomic E-state index is -0.766. The van der Waals surface area contributed by atoms with Gasteiger partial charge in [0, 0.05) is 16.7 Å². The fourth-order valence-corrected chi connectivity index (χ4v) is 4.25. The van der Waals surface area contributed by atoms with Crippen LogP contribution < -0.4 is 5.32 Å². The van der Waals surface area contributed by atoms with Crippen molar-refractivity contribution in [3.05, 3.63) is 99.5 Å². The minimum Gasteiger partial charge on any atom is -0.323 e. The minimum absolute atomic E-state index is 0.181. The average Bonchev–Trinajstić information content (AvgIpc) is 2.76. The molecule has 0 saturated heterocycles. The van der Waals surface area contributed by atoms with Gasteiger partial charge < -0.3 is 10.2 Å². The first-order chi connectivity index (χ1) is 15.3. The molecular weight excluding hydrogens is 464 g/mol. The maximum Gasteiger partial charge on any atom is 0.255 e. The van der Waals surface area contributed by atoms with Crippen LogP contribution in [0.15, 0.2) is 77.3 Å². The Balaban J connectivity index is 2.08. The largest absolute Gasteiger partial charge is 0.323 e. The molecule has 0 aliphatic rings. The molecule has 5 heteroatoms. The van der Waals surface area contributed by atoms with Crippen molar-refractivity contribution in [1.82, 2.24) is 4.90 Å². The normalized spacial score (nSPS) is 11.8. The first kappa shape index (κ1) is 23.7. The lowest BCUT2D eigenvalue weighted by atomic mass is 10.0. The molecule has 0 bridgehead atoms. The summed E-state index contributed by atoms with van der Waals surface area (Å²) in [4.78, 5) is 29.2. The number of rotatable bonds is 7. The first-order valence-electron chi connectivity index (χ1n) is 10.8. The highest BCUT2D eigenvalue weighted by Crippen LogP contribution is 2.29. The third-order valence-electron chi connectivity index (χ3n) is 5.33. The second-order valence-electron chi connectivity index (χ2n) is 8.40. The van der Waals surface area contributed by atoms with Crippen LogP contribution in [0.1, 0.15) is 46.9 Å². The Morgan fingerprint density at radius 3 is 2.06 bits per heavy atom. The van der Waals surface area contributed by atoms with Crippen LogP contribution in [0, 0.1) is 19.8 Å². The molecule has 32 heavy (non-hydrogen) atoms. The quantitative estimate of drug-likeness (QED) is 0.406. The van der Waals surface area contributed by atoms with Gasteiger partial charge in [-0.1, -0.05) is 74.5 Å². The number of aryl methyl sites for hydroxylation is 2. The van der Waals surface area contributed by atoms with E-state index in [2.05, 4.69) is 21.2 Å². The summed E-state index contributed by atoms with van der Waals surface area (Å²) in [7, 11) is 0. The van der Waals surface area contributed by atoms with Crippen molar-refractivity contribution >= 4 is 33.4 Å². The third kappa shape index (κ3) is 5.46. The smallest absolute Gasteiger partial charge is 0.255 e. The molecule has 166 valence electrons. The van der Waals surface area contributed by atoms with Crippen LogP contribution in [0.4, 0.5) is 5.69 Å². The topological polar surface area (TPSA) is 49.4 Å². The van der Waals surface area contributed by atoms with Gasteiger partial charge in [0.1, 0.15) is 6.04 Å². The number of carbonyl (C=O) groups excluding carboxylic acids is 2. The van der Waals surface area contributed by atoms with Crippen LogP contribution in [0.3, 0.4) is 0 Å². The van der Waals surface area contributed by atoms with Crippen molar-refractivity contribution in [2.75, 3.05) is 11.9 Å². The molecule has 0 aliphatic carbocycles. The molecule has 3 rings (SSSR count). The van der Waals surface area contributed by atoms with Gasteiger partial charge in [0.25, 0.3) is 11.8 Å². The molecule has 4 nitrogen and oxygen atoms in total. The number of carbonyl (C=O) groups is 2. The van der Waals surface area contributed by atoms with Crippen LogP contribution in [-0.2, 0) is 4.79 Å². The molecule has 0 unspecified atom stereocenters. The molecule has 2 amide bonds. The van der Waals surface area contributed by atoms with Gasteiger partial charge in [-0.15, -0.1) is 0 Å². The van der Waals surface area contributed by atoms with Crippen molar-refractivity contribution in [2.45, 2.75) is 33.7 Å². The summed E-state index contributed by atoms with van der Waals surface area (Å²) in [5, 5.41) is 3.11. The highest BCUT2D eigenvalue weighted by Gasteiger charge is 2.33. The molecule has 0 heterocycles. The van der Waals surface area contributed by atoms with Crippen LogP contribution in [0.5, 0.6) is 0 Å². The highest BCUT2D eigenvalue weighted by atomic mass is 79.9. The second kappa shape index (κ2) is 10.6. The summed E-state index contributed by atoms with van der Waals surface area (Å²) >= 11 is 3.50. The van der Waals surface area contributed by atoms with Gasteiger partial charge in [0.15, 0.2) is 0 Å². The molecule has 0 fully saturated rings. The molecule has 0 aliphatic heterocycles. The molecule has 1 atom stereocenters. The summed E-state index contributed by atoms with van der Waals surface area (Å²) in [6.45, 7) is 8.48. The summed E-state index contributed by atoms with van der Waals surface area (Å²) in [6, 6.07) is 22.0. The van der Waals surface area contributed by atoms with E-state index in [4.69, 9.17) is 0 Å². The van der Waals surface area contributed by atoms with Gasteiger partial charge >= 0.3 is 0 Å². The van der Waals surface area contributed by atoms with E-state index in [1.165, 1.54) is 0 Å². The van der Waals surface area contributed by atoms with Crippen molar-refractivity contribution in [3.63, 3.8) is 0 Å². The van der Waals surface area contributed by atoms with E-state index in [9.17, 15) is 9.59 Å². The average molecular weight is 493 g/mol. The summed E-state index contributed by atoms with van der Waals surface area (Å²) in [5.41, 5.74) is 4.07. The zero-order chi connectivity index (χ0) is 23.3. The van der Waals surface area contributed by atoms with E-state index in [-0.39, 0.29) is 17.7 Å². The lowest BCUT2D eigenvalue weighted by Crippen LogP contribution is -2.43. The Morgan fingerprint density at radius 2 is 1.47 bits per heavy atom. The first-order valence-corrected chi connectivity index (χ1v) is 11.6. The number of hydrogen-bond donors (Lipinski definition) is 1. The van der Waals surface area contributed by atoms with Crippen LogP contribution in [0.25, 0.3) is 0 Å². The standard InChI is InChI=1S/C27H29BrN2O2/c1-18(2)17-30(27(32)22-15-8-9-16-23(22)28)25(21-13-6-5-7-14-21)26(31)29-24-19(3)11-10-12-20(24)4/h5-16,18,25H,17H2,1-4H3,(H,29,31)/t25-/m1/s1. The Kier molecular flexibility index (Phi) is 7.86. The Labute approximate surface area is 198 Å². The Morgan fingerprint density at radius 1 is 0.875 bits per heavy atom. The fraction of sp³-hybridized carbons (Fsp3) is 0.259. The number of nitrogens with one attached hydrogen (secondary N) is 1. The van der Waals surface area contributed by atoms with Gasteiger partial charge in [-0.05, 0) is 64.5 Å². The lowest BCUT2D eigenvalue weighted by Gasteiger charge is -2.33. The van der Waals surface area contributed by atoms with Gasteiger partial charge in [-0.3, -0.25) is 9.59 Å². The number of amides is 2. The molecule has 0 radical (unpaired) electrons. The number of hydrogen-bond acceptors (Lipinski definition) is 2. The Hall–Kier alpha value is -2.92. The van der Waals surface area contributed by atoms with Crippen molar-refractivity contribution in [2.24, 2.45) is 5.92 Å². The maximum atomic E-state index is 13.7. The van der Waals surface area contributed by atoms with Crippen molar-refractivity contribution in [3.8, 4) is 0 Å². The SMILES string of the molecule is Cc1cccc(C)c1NC(=O)[C@@H](c1ccccc1)N(CC(C)C)C(=O)c1ccccc1Br. The van der Waals surface area contributed by atoms with Crippen molar-refractivity contribution < 1.29 is 9.59 Å². The number of anilines is 1. The predicted octanol–water partition coefficient (Wildman–Crippen LogP) is 6.54. The van der Waals surface area contributed by atoms with E-state index < -0.39 is 6.04 Å². The van der Waals surface area contributed by atoms with E-state index in [0.717, 1.165) is 22.4 Å². The number of halogens is 1. The predicted molar refractivity (Wildman–Crippen MR) is 134 cm³/mol. The fourth-order valence-electron chi connectivity index (χ4n) is 3.80. The molecule has 3 aromatic carbocycles. The van der Waals surface area contributed by atoms with E-state index >= 15 is 0 Å². The Bertz CT molecular complexity index is 1080. The van der Waals surface area contributed by atoms with E-state index in [0.29, 0.717) is 16.6 Å². The number of benzene rings is 3. The van der Waals surface area contributed by atoms with Crippen molar-refractivity contribution in [1.29, 1.82) is 0 Å². The van der Waals surface area contributed by atoms with Crippen LogP contribution in [-0.4, -0.2) is 23.3 Å². The van der Waals surface area contributed by atoms with E-state index in [1.54, 1.807) is 11.0 Å². The molecule has 0 spiro atoms. The number of nitrogens with zero attached hydrogens (tertiary/aromatic N) is 1. The highest BCUT2D eigenvalue weighted by molar-refractivity contribution is 9.10. The summed E-state index contributed by atoms with van der Waals surface area (Å²) in [5.74, 6) is -0.230.